The molecule has 3 rings (SSSR count). The molecule has 0 atom stereocenters. The van der Waals surface area contributed by atoms with Crippen molar-refractivity contribution in [3.63, 3.8) is 0 Å². The Kier molecular flexibility index (Phi) is 4.52. The molecule has 3 aromatic rings. The summed E-state index contributed by atoms with van der Waals surface area (Å²) in [5, 5.41) is 7.23. The van der Waals surface area contributed by atoms with Crippen molar-refractivity contribution >= 4 is 33.9 Å². The number of benzene rings is 2. The summed E-state index contributed by atoms with van der Waals surface area (Å²) in [6, 6.07) is 11.4. The molecule has 3 nitrogen and oxygen atoms in total. The molecule has 0 saturated heterocycles. The molecule has 0 fully saturated rings. The van der Waals surface area contributed by atoms with E-state index in [2.05, 4.69) is 21.7 Å². The summed E-state index contributed by atoms with van der Waals surface area (Å²) < 4.78 is 26.4. The third-order valence-corrected chi connectivity index (χ3v) is 3.78. The number of hydrogen-bond acceptors (Lipinski definition) is 1. The van der Waals surface area contributed by atoms with Crippen molar-refractivity contribution in [3.8, 4) is 0 Å². The number of hydrogen-bond donors (Lipinski definition) is 3. The van der Waals surface area contributed by atoms with Crippen LogP contribution in [-0.2, 0) is 6.42 Å². The van der Waals surface area contributed by atoms with E-state index < -0.39 is 11.6 Å². The first-order valence-electron chi connectivity index (χ1n) is 7.18. The first-order valence-corrected chi connectivity index (χ1v) is 7.59. The van der Waals surface area contributed by atoms with Gasteiger partial charge < -0.3 is 15.6 Å². The molecule has 6 heteroatoms. The Morgan fingerprint density at radius 2 is 1.96 bits per heavy atom. The topological polar surface area (TPSA) is 39.8 Å². The Balaban J connectivity index is 1.55. The summed E-state index contributed by atoms with van der Waals surface area (Å²) in [4.78, 5) is 3.22. The smallest absolute Gasteiger partial charge is 0.170 e. The van der Waals surface area contributed by atoms with Gasteiger partial charge in [-0.2, -0.15) is 0 Å². The van der Waals surface area contributed by atoms with Crippen molar-refractivity contribution in [1.82, 2.24) is 10.3 Å². The van der Waals surface area contributed by atoms with E-state index >= 15 is 0 Å². The second kappa shape index (κ2) is 6.75. The fraction of sp³-hybridized carbons (Fsp3) is 0.118. The van der Waals surface area contributed by atoms with Gasteiger partial charge in [-0.15, -0.1) is 0 Å². The Labute approximate surface area is 137 Å². The second-order valence-electron chi connectivity index (χ2n) is 5.11. The maximum absolute atomic E-state index is 13.5. The summed E-state index contributed by atoms with van der Waals surface area (Å²) >= 11 is 5.13. The lowest BCUT2D eigenvalue weighted by molar-refractivity contribution is 0.586. The average Bonchev–Trinajstić information content (AvgIpc) is 2.94. The van der Waals surface area contributed by atoms with Gasteiger partial charge in [0, 0.05) is 29.7 Å². The molecule has 0 aliphatic rings. The van der Waals surface area contributed by atoms with Crippen LogP contribution in [0.25, 0.3) is 10.9 Å². The van der Waals surface area contributed by atoms with Gasteiger partial charge in [-0.05, 0) is 42.4 Å². The number of thiocarbonyl (C=S) groups is 1. The van der Waals surface area contributed by atoms with Gasteiger partial charge in [-0.1, -0.05) is 18.2 Å². The normalized spacial score (nSPS) is 10.7. The van der Waals surface area contributed by atoms with Gasteiger partial charge in [-0.25, -0.2) is 8.78 Å². The van der Waals surface area contributed by atoms with E-state index in [4.69, 9.17) is 12.2 Å². The van der Waals surface area contributed by atoms with E-state index in [1.807, 2.05) is 24.4 Å². The Morgan fingerprint density at radius 3 is 2.78 bits per heavy atom. The molecule has 1 aromatic heterocycles. The maximum Gasteiger partial charge on any atom is 0.170 e. The number of H-pyrrole nitrogens is 1. The fourth-order valence-corrected chi connectivity index (χ4v) is 2.62. The minimum atomic E-state index is -0.675. The zero-order chi connectivity index (χ0) is 16.2. The minimum Gasteiger partial charge on any atom is -0.362 e. The van der Waals surface area contributed by atoms with E-state index in [9.17, 15) is 8.78 Å². The van der Waals surface area contributed by atoms with E-state index in [1.165, 1.54) is 23.1 Å². The third-order valence-electron chi connectivity index (χ3n) is 3.53. The van der Waals surface area contributed by atoms with Gasteiger partial charge in [0.2, 0.25) is 0 Å². The van der Waals surface area contributed by atoms with Crippen LogP contribution in [0.5, 0.6) is 0 Å². The van der Waals surface area contributed by atoms with Crippen molar-refractivity contribution in [2.45, 2.75) is 6.42 Å². The number of aromatic amines is 1. The van der Waals surface area contributed by atoms with Gasteiger partial charge in [-0.3, -0.25) is 0 Å². The molecule has 0 amide bonds. The van der Waals surface area contributed by atoms with Gasteiger partial charge in [0.1, 0.15) is 11.6 Å². The second-order valence-corrected chi connectivity index (χ2v) is 5.52. The highest BCUT2D eigenvalue weighted by Gasteiger charge is 2.06. The number of halogens is 2. The molecule has 0 saturated carbocycles. The monoisotopic (exact) mass is 331 g/mol. The molecular formula is C17H15F2N3S. The Morgan fingerprint density at radius 1 is 1.13 bits per heavy atom. The van der Waals surface area contributed by atoms with Gasteiger partial charge in [0.05, 0.1) is 5.69 Å². The standard InChI is InChI=1S/C17H15F2N3S/c18-12-5-6-16(14(19)9-12)22-17(23)20-8-7-11-10-21-15-4-2-1-3-13(11)15/h1-6,9-10,21H,7-8H2,(H2,20,22,23). The quantitative estimate of drug-likeness (QED) is 0.634. The Hall–Kier alpha value is -2.47. The number of aromatic nitrogens is 1. The first-order chi connectivity index (χ1) is 11.1. The molecular weight excluding hydrogens is 316 g/mol. The molecule has 0 aliphatic carbocycles. The molecule has 0 radical (unpaired) electrons. The summed E-state index contributed by atoms with van der Waals surface area (Å²) in [5.41, 5.74) is 2.43. The zero-order valence-electron chi connectivity index (χ0n) is 12.2. The van der Waals surface area contributed by atoms with Crippen molar-refractivity contribution < 1.29 is 8.78 Å². The lowest BCUT2D eigenvalue weighted by Crippen LogP contribution is -2.30. The molecule has 3 N–H and O–H groups in total. The molecule has 0 aliphatic heterocycles. The number of fused-ring (bicyclic) bond motifs is 1. The van der Waals surface area contributed by atoms with E-state index in [0.29, 0.717) is 11.7 Å². The highest BCUT2D eigenvalue weighted by atomic mass is 32.1. The van der Waals surface area contributed by atoms with Crippen molar-refractivity contribution in [2.75, 3.05) is 11.9 Å². The lowest BCUT2D eigenvalue weighted by atomic mass is 10.1. The van der Waals surface area contributed by atoms with Crippen LogP contribution in [0.3, 0.4) is 0 Å². The zero-order valence-corrected chi connectivity index (χ0v) is 13.0. The van der Waals surface area contributed by atoms with Crippen LogP contribution >= 0.6 is 12.2 Å². The highest BCUT2D eigenvalue weighted by molar-refractivity contribution is 7.80. The molecule has 23 heavy (non-hydrogen) atoms. The number of rotatable bonds is 4. The largest absolute Gasteiger partial charge is 0.362 e. The molecule has 0 spiro atoms. The van der Waals surface area contributed by atoms with Crippen LogP contribution in [0, 0.1) is 11.6 Å². The van der Waals surface area contributed by atoms with Gasteiger partial charge in [0.15, 0.2) is 5.11 Å². The van der Waals surface area contributed by atoms with Crippen LogP contribution in [-0.4, -0.2) is 16.6 Å². The molecule has 1 heterocycles. The average molecular weight is 331 g/mol. The van der Waals surface area contributed by atoms with Crippen LogP contribution < -0.4 is 10.6 Å². The number of nitrogens with one attached hydrogen (secondary N) is 3. The van der Waals surface area contributed by atoms with E-state index in [1.54, 1.807) is 0 Å². The SMILES string of the molecule is Fc1ccc(NC(=S)NCCc2c[nH]c3ccccc23)c(F)c1. The van der Waals surface area contributed by atoms with Crippen LogP contribution in [0.4, 0.5) is 14.5 Å². The van der Waals surface area contributed by atoms with Crippen molar-refractivity contribution in [1.29, 1.82) is 0 Å². The summed E-state index contributed by atoms with van der Waals surface area (Å²) in [6.45, 7) is 0.608. The first kappa shape index (κ1) is 15.4. The van der Waals surface area contributed by atoms with Crippen LogP contribution in [0.15, 0.2) is 48.7 Å². The van der Waals surface area contributed by atoms with Crippen LogP contribution in [0.1, 0.15) is 5.56 Å². The fourth-order valence-electron chi connectivity index (χ4n) is 2.41. The Bertz CT molecular complexity index is 845. The number of anilines is 1. The van der Waals surface area contributed by atoms with E-state index in [-0.39, 0.29) is 5.69 Å². The third kappa shape index (κ3) is 3.65. The summed E-state index contributed by atoms with van der Waals surface area (Å²) in [6.07, 6.45) is 2.75. The van der Waals surface area contributed by atoms with E-state index in [0.717, 1.165) is 18.0 Å². The molecule has 0 unspecified atom stereocenters. The van der Waals surface area contributed by atoms with Crippen LogP contribution in [0.2, 0.25) is 0 Å². The van der Waals surface area contributed by atoms with Crippen molar-refractivity contribution in [3.05, 3.63) is 65.9 Å². The maximum atomic E-state index is 13.5. The predicted molar refractivity (Wildman–Crippen MR) is 92.6 cm³/mol. The predicted octanol–water partition coefficient (Wildman–Crippen LogP) is 3.98. The van der Waals surface area contributed by atoms with Crippen molar-refractivity contribution in [2.24, 2.45) is 0 Å². The summed E-state index contributed by atoms with van der Waals surface area (Å²) in [5.74, 6) is -1.29. The summed E-state index contributed by atoms with van der Waals surface area (Å²) in [7, 11) is 0. The lowest BCUT2D eigenvalue weighted by Gasteiger charge is -2.11. The molecule has 118 valence electrons. The molecule has 0 bridgehead atoms. The highest BCUT2D eigenvalue weighted by Crippen LogP contribution is 2.18. The number of para-hydroxylation sites is 1. The molecule has 2 aromatic carbocycles. The van der Waals surface area contributed by atoms with Gasteiger partial charge in [0.25, 0.3) is 0 Å². The minimum absolute atomic E-state index is 0.149. The van der Waals surface area contributed by atoms with Gasteiger partial charge >= 0.3 is 0 Å².